The minimum atomic E-state index is -0.775. The van der Waals surface area contributed by atoms with Crippen LogP contribution in [0.2, 0.25) is 0 Å². The number of hydrogen-bond acceptors (Lipinski definition) is 9. The summed E-state index contributed by atoms with van der Waals surface area (Å²) in [6.07, 6.45) is 0. The van der Waals surface area contributed by atoms with Crippen LogP contribution in [0.5, 0.6) is 34.5 Å². The van der Waals surface area contributed by atoms with Gasteiger partial charge in [-0.15, -0.1) is 0 Å². The number of nitrogens with two attached hydrogens (primary N) is 1. The van der Waals surface area contributed by atoms with Gasteiger partial charge in [0.2, 0.25) is 11.6 Å². The van der Waals surface area contributed by atoms with Crippen molar-refractivity contribution in [1.82, 2.24) is 4.57 Å². The summed E-state index contributed by atoms with van der Waals surface area (Å²) in [5.41, 5.74) is 8.26. The Morgan fingerprint density at radius 2 is 1.55 bits per heavy atom. The molecule has 3 aromatic rings. The first kappa shape index (κ1) is 26.3. The van der Waals surface area contributed by atoms with Gasteiger partial charge in [0.05, 0.1) is 53.6 Å². The van der Waals surface area contributed by atoms with Gasteiger partial charge in [-0.3, -0.25) is 4.79 Å². The molecular formula is C28H29N3O7. The third-order valence-corrected chi connectivity index (χ3v) is 6.50. The van der Waals surface area contributed by atoms with Crippen LogP contribution in [-0.2, 0) is 6.54 Å². The fourth-order valence-electron chi connectivity index (χ4n) is 4.66. The number of nitrogens with zero attached hydrogens (tertiary/aromatic N) is 2. The molecule has 2 N–H and O–H groups in total. The number of rotatable bonds is 8. The van der Waals surface area contributed by atoms with Gasteiger partial charge in [0, 0.05) is 11.8 Å². The van der Waals surface area contributed by atoms with Gasteiger partial charge in [0.25, 0.3) is 5.56 Å². The maximum Gasteiger partial charge on any atom is 0.259 e. The lowest BCUT2D eigenvalue weighted by atomic mass is 9.84. The van der Waals surface area contributed by atoms with Crippen LogP contribution in [0, 0.1) is 18.3 Å². The monoisotopic (exact) mass is 519 g/mol. The molecule has 10 heteroatoms. The lowest BCUT2D eigenvalue weighted by Gasteiger charge is -2.28. The molecular weight excluding hydrogens is 490 g/mol. The van der Waals surface area contributed by atoms with E-state index in [2.05, 4.69) is 6.07 Å². The minimum Gasteiger partial charge on any atom is -0.493 e. The second-order valence-electron chi connectivity index (χ2n) is 8.53. The van der Waals surface area contributed by atoms with Crippen LogP contribution in [0.3, 0.4) is 0 Å². The molecule has 0 saturated heterocycles. The Kier molecular flexibility index (Phi) is 7.39. The molecule has 38 heavy (non-hydrogen) atoms. The predicted molar refractivity (Wildman–Crippen MR) is 139 cm³/mol. The van der Waals surface area contributed by atoms with Crippen molar-refractivity contribution in [2.75, 3.05) is 35.5 Å². The van der Waals surface area contributed by atoms with E-state index in [0.717, 1.165) is 5.56 Å². The zero-order chi connectivity index (χ0) is 27.6. The topological polar surface area (TPSA) is 127 Å². The fourth-order valence-corrected chi connectivity index (χ4v) is 4.66. The zero-order valence-electron chi connectivity index (χ0n) is 22.1. The van der Waals surface area contributed by atoms with Gasteiger partial charge in [-0.25, -0.2) is 0 Å². The van der Waals surface area contributed by atoms with Crippen LogP contribution in [-0.4, -0.2) is 40.1 Å². The number of ether oxygens (including phenoxy) is 6. The van der Waals surface area contributed by atoms with E-state index in [9.17, 15) is 10.1 Å². The standard InChI is InChI=1S/C28H29N3O7/c1-15-9-21-25(28(32)31(15)14-16-10-22(35-4)26(37-6)23(11-16)36-5)24(18(13-29)27(30)38-21)17-7-8-19(33-2)20(12-17)34-3/h7-12,24H,14,30H2,1-6H3. The Morgan fingerprint density at radius 3 is 2.11 bits per heavy atom. The highest BCUT2D eigenvalue weighted by Gasteiger charge is 2.35. The molecule has 4 rings (SSSR count). The van der Waals surface area contributed by atoms with E-state index >= 15 is 0 Å². The second-order valence-corrected chi connectivity index (χ2v) is 8.53. The van der Waals surface area contributed by atoms with E-state index in [4.69, 9.17) is 34.2 Å². The lowest BCUT2D eigenvalue weighted by Crippen LogP contribution is -2.33. The van der Waals surface area contributed by atoms with Gasteiger partial charge in [-0.1, -0.05) is 6.07 Å². The number of pyridine rings is 1. The van der Waals surface area contributed by atoms with E-state index in [-0.39, 0.29) is 23.6 Å². The summed E-state index contributed by atoms with van der Waals surface area (Å²) >= 11 is 0. The van der Waals surface area contributed by atoms with Crippen LogP contribution < -0.4 is 39.7 Å². The number of nitriles is 1. The third kappa shape index (κ3) is 4.43. The Bertz CT molecular complexity index is 1490. The van der Waals surface area contributed by atoms with E-state index in [1.54, 1.807) is 47.9 Å². The summed E-state index contributed by atoms with van der Waals surface area (Å²) in [5.74, 6) is 1.84. The van der Waals surface area contributed by atoms with Crippen LogP contribution in [0.1, 0.15) is 28.3 Å². The van der Waals surface area contributed by atoms with Crippen molar-refractivity contribution in [1.29, 1.82) is 5.26 Å². The molecule has 1 aromatic heterocycles. The Hall–Kier alpha value is -4.78. The van der Waals surface area contributed by atoms with Gasteiger partial charge < -0.3 is 38.7 Å². The van der Waals surface area contributed by atoms with Crippen LogP contribution in [0.15, 0.2) is 52.6 Å². The fraction of sp³-hybridized carbons (Fsp3) is 0.286. The van der Waals surface area contributed by atoms with Gasteiger partial charge in [0.1, 0.15) is 17.4 Å². The SMILES string of the molecule is COc1ccc(C2C(C#N)=C(N)Oc3cc(C)n(Cc4cc(OC)c(OC)c(OC)c4)c(=O)c32)cc1OC. The van der Waals surface area contributed by atoms with Crippen LogP contribution in [0.25, 0.3) is 0 Å². The maximum absolute atomic E-state index is 14.1. The molecule has 0 aliphatic carbocycles. The van der Waals surface area contributed by atoms with E-state index in [1.807, 2.05) is 0 Å². The quantitative estimate of drug-likeness (QED) is 0.476. The van der Waals surface area contributed by atoms with E-state index in [0.29, 0.717) is 51.3 Å². The number of benzene rings is 2. The lowest BCUT2D eigenvalue weighted by molar-refractivity contribution is 0.323. The summed E-state index contributed by atoms with van der Waals surface area (Å²) in [4.78, 5) is 14.1. The summed E-state index contributed by atoms with van der Waals surface area (Å²) in [5, 5.41) is 9.99. The zero-order valence-corrected chi connectivity index (χ0v) is 22.1. The third-order valence-electron chi connectivity index (χ3n) is 6.50. The highest BCUT2D eigenvalue weighted by Crippen LogP contribution is 2.43. The van der Waals surface area contributed by atoms with E-state index < -0.39 is 5.92 Å². The van der Waals surface area contributed by atoms with Crippen molar-refractivity contribution in [2.45, 2.75) is 19.4 Å². The first-order valence-electron chi connectivity index (χ1n) is 11.6. The Balaban J connectivity index is 1.91. The van der Waals surface area contributed by atoms with Crippen molar-refractivity contribution in [3.05, 3.63) is 80.6 Å². The maximum atomic E-state index is 14.1. The summed E-state index contributed by atoms with van der Waals surface area (Å²) in [6, 6.07) is 12.7. The number of fused-ring (bicyclic) bond motifs is 1. The average Bonchev–Trinajstić information content (AvgIpc) is 2.93. The van der Waals surface area contributed by atoms with Crippen molar-refractivity contribution in [2.24, 2.45) is 5.73 Å². The largest absolute Gasteiger partial charge is 0.493 e. The molecule has 198 valence electrons. The molecule has 2 heterocycles. The first-order valence-corrected chi connectivity index (χ1v) is 11.6. The van der Waals surface area contributed by atoms with Crippen molar-refractivity contribution in [3.8, 4) is 40.6 Å². The number of aryl methyl sites for hydroxylation is 1. The minimum absolute atomic E-state index is 0.0547. The molecule has 2 aromatic carbocycles. The van der Waals surface area contributed by atoms with Crippen LogP contribution >= 0.6 is 0 Å². The molecule has 0 bridgehead atoms. The van der Waals surface area contributed by atoms with Crippen molar-refractivity contribution in [3.63, 3.8) is 0 Å². The van der Waals surface area contributed by atoms with Gasteiger partial charge in [-0.05, 0) is 42.3 Å². The molecule has 10 nitrogen and oxygen atoms in total. The molecule has 1 atom stereocenters. The smallest absolute Gasteiger partial charge is 0.259 e. The molecule has 0 spiro atoms. The summed E-state index contributed by atoms with van der Waals surface area (Å²) in [7, 11) is 7.64. The summed E-state index contributed by atoms with van der Waals surface area (Å²) in [6.45, 7) is 2.00. The van der Waals surface area contributed by atoms with Crippen molar-refractivity contribution < 1.29 is 28.4 Å². The molecule has 1 unspecified atom stereocenters. The van der Waals surface area contributed by atoms with Gasteiger partial charge in [-0.2, -0.15) is 5.26 Å². The van der Waals surface area contributed by atoms with Crippen molar-refractivity contribution >= 4 is 0 Å². The number of allylic oxidation sites excluding steroid dienone is 1. The van der Waals surface area contributed by atoms with E-state index in [1.165, 1.54) is 35.5 Å². The van der Waals surface area contributed by atoms with Gasteiger partial charge >= 0.3 is 0 Å². The number of hydrogen-bond donors (Lipinski definition) is 1. The Labute approximate surface area is 220 Å². The molecule has 0 amide bonds. The average molecular weight is 520 g/mol. The first-order chi connectivity index (χ1) is 18.3. The highest BCUT2D eigenvalue weighted by molar-refractivity contribution is 5.58. The normalized spacial score (nSPS) is 14.2. The Morgan fingerprint density at radius 1 is 0.921 bits per heavy atom. The molecule has 1 aliphatic rings. The predicted octanol–water partition coefficient (Wildman–Crippen LogP) is 3.47. The summed E-state index contributed by atoms with van der Waals surface area (Å²) < 4.78 is 34.6. The van der Waals surface area contributed by atoms with Crippen LogP contribution in [0.4, 0.5) is 0 Å². The highest BCUT2D eigenvalue weighted by atomic mass is 16.5. The number of aromatic nitrogens is 1. The molecule has 1 aliphatic heterocycles. The molecule has 0 saturated carbocycles. The van der Waals surface area contributed by atoms with Gasteiger partial charge in [0.15, 0.2) is 23.0 Å². The number of methoxy groups -OCH3 is 5. The second kappa shape index (κ2) is 10.7. The molecule has 0 fully saturated rings. The molecule has 0 radical (unpaired) electrons.